The van der Waals surface area contributed by atoms with E-state index in [0.717, 1.165) is 38.0 Å². The van der Waals surface area contributed by atoms with Crippen molar-refractivity contribution in [2.24, 2.45) is 4.99 Å². The standard InChI is InChI=1S/C15H23N5/c1-12-10-17-15(19-12)18-11-13-5-6-16-14(9-13)20-7-3-2-4-8-20/h5-6,9,12H,2-4,7-8,10-11H2,1H3,(H2,17,18,19). The molecule has 5 heteroatoms. The highest BCUT2D eigenvalue weighted by molar-refractivity contribution is 5.81. The van der Waals surface area contributed by atoms with E-state index < -0.39 is 0 Å². The fraction of sp³-hybridized carbons (Fsp3) is 0.600. The fourth-order valence-corrected chi connectivity index (χ4v) is 2.71. The smallest absolute Gasteiger partial charge is 0.191 e. The van der Waals surface area contributed by atoms with Crippen LogP contribution in [0.2, 0.25) is 0 Å². The molecule has 2 N–H and O–H groups in total. The van der Waals surface area contributed by atoms with Crippen LogP contribution in [-0.2, 0) is 6.54 Å². The molecule has 3 rings (SSSR count). The van der Waals surface area contributed by atoms with Gasteiger partial charge in [0, 0.05) is 31.9 Å². The predicted octanol–water partition coefficient (Wildman–Crippen LogP) is 1.51. The minimum absolute atomic E-state index is 0.443. The Hall–Kier alpha value is -1.78. The van der Waals surface area contributed by atoms with Crippen LogP contribution in [0.4, 0.5) is 5.82 Å². The second-order valence-electron chi connectivity index (χ2n) is 5.66. The lowest BCUT2D eigenvalue weighted by molar-refractivity contribution is 0.573. The number of piperidine rings is 1. The van der Waals surface area contributed by atoms with E-state index in [1.165, 1.54) is 24.8 Å². The Morgan fingerprint density at radius 1 is 1.35 bits per heavy atom. The first-order chi connectivity index (χ1) is 9.81. The van der Waals surface area contributed by atoms with Crippen LogP contribution in [0.1, 0.15) is 31.7 Å². The zero-order chi connectivity index (χ0) is 13.8. The SMILES string of the molecule is CC1CN=C(NCc2ccnc(N3CCCCC3)c2)N1. The number of pyridine rings is 1. The molecule has 0 aromatic carbocycles. The van der Waals surface area contributed by atoms with E-state index in [-0.39, 0.29) is 0 Å². The first-order valence-corrected chi connectivity index (χ1v) is 7.56. The Labute approximate surface area is 120 Å². The third-order valence-corrected chi connectivity index (χ3v) is 3.86. The predicted molar refractivity (Wildman–Crippen MR) is 82.0 cm³/mol. The zero-order valence-electron chi connectivity index (χ0n) is 12.1. The van der Waals surface area contributed by atoms with Gasteiger partial charge in [-0.25, -0.2) is 4.98 Å². The minimum Gasteiger partial charge on any atom is -0.357 e. The Kier molecular flexibility index (Phi) is 4.04. The molecule has 1 aromatic heterocycles. The van der Waals surface area contributed by atoms with Crippen LogP contribution in [-0.4, -0.2) is 36.6 Å². The lowest BCUT2D eigenvalue weighted by Gasteiger charge is -2.28. The molecule has 1 aromatic rings. The summed E-state index contributed by atoms with van der Waals surface area (Å²) < 4.78 is 0. The fourth-order valence-electron chi connectivity index (χ4n) is 2.71. The van der Waals surface area contributed by atoms with Crippen molar-refractivity contribution in [3.05, 3.63) is 23.9 Å². The Morgan fingerprint density at radius 2 is 2.20 bits per heavy atom. The lowest BCUT2D eigenvalue weighted by Crippen LogP contribution is -2.37. The van der Waals surface area contributed by atoms with Gasteiger partial charge in [-0.2, -0.15) is 0 Å². The highest BCUT2D eigenvalue weighted by Crippen LogP contribution is 2.18. The molecule has 0 spiro atoms. The maximum atomic E-state index is 4.51. The van der Waals surface area contributed by atoms with E-state index in [1.54, 1.807) is 0 Å². The van der Waals surface area contributed by atoms with Crippen molar-refractivity contribution in [2.75, 3.05) is 24.5 Å². The van der Waals surface area contributed by atoms with Gasteiger partial charge in [-0.3, -0.25) is 4.99 Å². The van der Waals surface area contributed by atoms with Gasteiger partial charge in [-0.05, 0) is 43.9 Å². The number of guanidine groups is 1. The molecule has 1 atom stereocenters. The summed E-state index contributed by atoms with van der Waals surface area (Å²) in [5, 5.41) is 6.67. The number of aliphatic imine (C=N–C) groups is 1. The van der Waals surface area contributed by atoms with Crippen molar-refractivity contribution in [3.63, 3.8) is 0 Å². The largest absolute Gasteiger partial charge is 0.357 e. The van der Waals surface area contributed by atoms with E-state index in [4.69, 9.17) is 0 Å². The van der Waals surface area contributed by atoms with E-state index >= 15 is 0 Å². The number of rotatable bonds is 3. The van der Waals surface area contributed by atoms with Crippen LogP contribution in [0.3, 0.4) is 0 Å². The number of hydrogen-bond acceptors (Lipinski definition) is 5. The van der Waals surface area contributed by atoms with Crippen molar-refractivity contribution in [1.82, 2.24) is 15.6 Å². The number of anilines is 1. The van der Waals surface area contributed by atoms with Gasteiger partial charge < -0.3 is 15.5 Å². The maximum Gasteiger partial charge on any atom is 0.191 e. The molecule has 0 bridgehead atoms. The Morgan fingerprint density at radius 3 is 2.95 bits per heavy atom. The van der Waals surface area contributed by atoms with Crippen molar-refractivity contribution >= 4 is 11.8 Å². The minimum atomic E-state index is 0.443. The van der Waals surface area contributed by atoms with Gasteiger partial charge in [0.1, 0.15) is 5.82 Å². The van der Waals surface area contributed by atoms with Crippen molar-refractivity contribution in [3.8, 4) is 0 Å². The molecule has 0 radical (unpaired) electrons. The van der Waals surface area contributed by atoms with Gasteiger partial charge in [0.2, 0.25) is 0 Å². The molecule has 5 nitrogen and oxygen atoms in total. The van der Waals surface area contributed by atoms with Crippen LogP contribution in [0.25, 0.3) is 0 Å². The number of hydrogen-bond donors (Lipinski definition) is 2. The molecular weight excluding hydrogens is 250 g/mol. The molecule has 108 valence electrons. The highest BCUT2D eigenvalue weighted by atomic mass is 15.2. The summed E-state index contributed by atoms with van der Waals surface area (Å²) in [6, 6.07) is 4.70. The third kappa shape index (κ3) is 3.21. The molecule has 2 aliphatic heterocycles. The van der Waals surface area contributed by atoms with Crippen molar-refractivity contribution < 1.29 is 0 Å². The lowest BCUT2D eigenvalue weighted by atomic mass is 10.1. The Balaban J connectivity index is 1.59. The highest BCUT2D eigenvalue weighted by Gasteiger charge is 2.13. The topological polar surface area (TPSA) is 52.6 Å². The van der Waals surface area contributed by atoms with Crippen LogP contribution >= 0.6 is 0 Å². The molecular formula is C15H23N5. The molecule has 0 amide bonds. The number of nitrogens with zero attached hydrogens (tertiary/aromatic N) is 3. The summed E-state index contributed by atoms with van der Waals surface area (Å²) in [7, 11) is 0. The molecule has 1 saturated heterocycles. The van der Waals surface area contributed by atoms with Gasteiger partial charge in [-0.15, -0.1) is 0 Å². The van der Waals surface area contributed by atoms with E-state index in [1.807, 2.05) is 6.20 Å². The van der Waals surface area contributed by atoms with E-state index in [2.05, 4.69) is 44.6 Å². The molecule has 0 aliphatic carbocycles. The van der Waals surface area contributed by atoms with Crippen LogP contribution in [0.15, 0.2) is 23.3 Å². The van der Waals surface area contributed by atoms with Gasteiger partial charge in [-0.1, -0.05) is 0 Å². The second-order valence-corrected chi connectivity index (χ2v) is 5.66. The third-order valence-electron chi connectivity index (χ3n) is 3.86. The van der Waals surface area contributed by atoms with Crippen LogP contribution in [0, 0.1) is 0 Å². The number of nitrogens with one attached hydrogen (secondary N) is 2. The molecule has 1 fully saturated rings. The summed E-state index contributed by atoms with van der Waals surface area (Å²) >= 11 is 0. The van der Waals surface area contributed by atoms with Crippen molar-refractivity contribution in [2.45, 2.75) is 38.8 Å². The van der Waals surface area contributed by atoms with E-state index in [0.29, 0.717) is 6.04 Å². The van der Waals surface area contributed by atoms with Crippen LogP contribution in [0.5, 0.6) is 0 Å². The van der Waals surface area contributed by atoms with E-state index in [9.17, 15) is 0 Å². The first kappa shape index (κ1) is 13.2. The first-order valence-electron chi connectivity index (χ1n) is 7.56. The summed E-state index contributed by atoms with van der Waals surface area (Å²) in [5.41, 5.74) is 1.25. The maximum absolute atomic E-state index is 4.51. The normalized spacial score (nSPS) is 22.4. The molecule has 20 heavy (non-hydrogen) atoms. The van der Waals surface area contributed by atoms with Crippen LogP contribution < -0.4 is 15.5 Å². The molecule has 2 aliphatic rings. The summed E-state index contributed by atoms with van der Waals surface area (Å²) in [5.74, 6) is 2.02. The average molecular weight is 273 g/mol. The van der Waals surface area contributed by atoms with Gasteiger partial charge in [0.05, 0.1) is 6.54 Å². The second kappa shape index (κ2) is 6.11. The van der Waals surface area contributed by atoms with Crippen molar-refractivity contribution in [1.29, 1.82) is 0 Å². The zero-order valence-corrected chi connectivity index (χ0v) is 12.1. The quantitative estimate of drug-likeness (QED) is 0.876. The van der Waals surface area contributed by atoms with Gasteiger partial charge >= 0.3 is 0 Å². The van der Waals surface area contributed by atoms with Gasteiger partial charge in [0.15, 0.2) is 5.96 Å². The Bertz CT molecular complexity index is 479. The van der Waals surface area contributed by atoms with Gasteiger partial charge in [0.25, 0.3) is 0 Å². The average Bonchev–Trinajstić information content (AvgIpc) is 2.92. The number of aromatic nitrogens is 1. The summed E-state index contributed by atoms with van der Waals surface area (Å²) in [6.45, 7) is 6.06. The monoisotopic (exact) mass is 273 g/mol. The summed E-state index contributed by atoms with van der Waals surface area (Å²) in [6.07, 6.45) is 5.82. The molecule has 0 saturated carbocycles. The summed E-state index contributed by atoms with van der Waals surface area (Å²) in [4.78, 5) is 11.3. The molecule has 3 heterocycles. The molecule has 1 unspecified atom stereocenters.